The van der Waals surface area contributed by atoms with Crippen LogP contribution in [0.1, 0.15) is 30.9 Å². The monoisotopic (exact) mass is 436 g/mol. The lowest BCUT2D eigenvalue weighted by Crippen LogP contribution is -2.31. The van der Waals surface area contributed by atoms with E-state index in [4.69, 9.17) is 31.2 Å². The van der Waals surface area contributed by atoms with E-state index in [0.29, 0.717) is 34.7 Å². The molecular formula is C23H21ClN4O3. The second-order valence-electron chi connectivity index (χ2n) is 7.52. The second-order valence-corrected chi connectivity index (χ2v) is 7.96. The minimum atomic E-state index is -0.349. The Balaban J connectivity index is 1.64. The molecule has 8 heteroatoms. The number of anilines is 1. The molecule has 0 spiro atoms. The van der Waals surface area contributed by atoms with E-state index in [2.05, 4.69) is 5.32 Å². The number of hydrogen-bond donors (Lipinski definition) is 1. The van der Waals surface area contributed by atoms with Crippen LogP contribution in [0.3, 0.4) is 0 Å². The lowest BCUT2D eigenvalue weighted by molar-refractivity contribution is -0.116. The number of fused-ring (bicyclic) bond motifs is 1. The highest BCUT2D eigenvalue weighted by atomic mass is 35.5. The Hall–Kier alpha value is -3.32. The summed E-state index contributed by atoms with van der Waals surface area (Å²) in [7, 11) is 3.19. The number of nitrogens with one attached hydrogen (secondary N) is 1. The van der Waals surface area contributed by atoms with Gasteiger partial charge in [0.15, 0.2) is 23.1 Å². The molecule has 158 valence electrons. The van der Waals surface area contributed by atoms with Gasteiger partial charge in [-0.3, -0.25) is 4.79 Å². The molecule has 1 atom stereocenters. The number of hydrogen-bond acceptors (Lipinski definition) is 6. The van der Waals surface area contributed by atoms with Gasteiger partial charge in [0.05, 0.1) is 14.2 Å². The molecule has 2 aliphatic rings. The van der Waals surface area contributed by atoms with Crippen molar-refractivity contribution < 1.29 is 14.3 Å². The number of ketones is 1. The lowest BCUT2D eigenvalue weighted by Gasteiger charge is -2.32. The van der Waals surface area contributed by atoms with Gasteiger partial charge in [0.1, 0.15) is 6.04 Å². The summed E-state index contributed by atoms with van der Waals surface area (Å²) >= 11 is 6.11. The molecule has 31 heavy (non-hydrogen) atoms. The van der Waals surface area contributed by atoms with Crippen LogP contribution in [0.4, 0.5) is 5.95 Å². The van der Waals surface area contributed by atoms with Crippen molar-refractivity contribution in [1.82, 2.24) is 14.8 Å². The van der Waals surface area contributed by atoms with E-state index in [1.807, 2.05) is 42.5 Å². The molecule has 0 fully saturated rings. The number of carbonyl (C=O) groups excluding carboxylic acids is 1. The average Bonchev–Trinajstić information content (AvgIpc) is 3.22. The fraction of sp³-hybridized carbons (Fsp3) is 0.261. The number of allylic oxidation sites excluding steroid dienone is 2. The minimum absolute atomic E-state index is 0.141. The number of carbonyl (C=O) groups is 1. The van der Waals surface area contributed by atoms with Crippen LogP contribution < -0.4 is 14.8 Å². The highest BCUT2D eigenvalue weighted by Crippen LogP contribution is 2.41. The number of methoxy groups -OCH3 is 2. The summed E-state index contributed by atoms with van der Waals surface area (Å²) in [5.41, 5.74) is 3.42. The Kier molecular flexibility index (Phi) is 4.90. The third-order valence-electron chi connectivity index (χ3n) is 5.70. The van der Waals surface area contributed by atoms with Gasteiger partial charge < -0.3 is 14.8 Å². The second kappa shape index (κ2) is 7.74. The Morgan fingerprint density at radius 3 is 2.58 bits per heavy atom. The summed E-state index contributed by atoms with van der Waals surface area (Å²) in [4.78, 5) is 17.6. The number of aromatic nitrogens is 3. The molecule has 0 radical (unpaired) electrons. The largest absolute Gasteiger partial charge is 0.493 e. The van der Waals surface area contributed by atoms with Crippen molar-refractivity contribution in [3.8, 4) is 22.9 Å². The van der Waals surface area contributed by atoms with Gasteiger partial charge in [0.25, 0.3) is 0 Å². The summed E-state index contributed by atoms with van der Waals surface area (Å²) in [6, 6.07) is 12.7. The van der Waals surface area contributed by atoms with Crippen LogP contribution in [0, 0.1) is 0 Å². The standard InChI is InChI=1S/C23H21ClN4O3/c1-30-18-11-8-14(12-19(18)31-2)22-26-23-25-16-4-3-5-17(29)20(16)21(28(23)27-22)13-6-9-15(24)10-7-13/h6-12,21H,3-5H2,1-2H3,(H,25,26,27)/t21-/m1/s1. The predicted octanol–water partition coefficient (Wildman–Crippen LogP) is 4.64. The highest BCUT2D eigenvalue weighted by Gasteiger charge is 2.36. The molecule has 0 saturated carbocycles. The zero-order valence-electron chi connectivity index (χ0n) is 17.2. The van der Waals surface area contributed by atoms with Crippen LogP contribution >= 0.6 is 11.6 Å². The first-order valence-electron chi connectivity index (χ1n) is 10.1. The van der Waals surface area contributed by atoms with Crippen LogP contribution in [0.2, 0.25) is 5.02 Å². The van der Waals surface area contributed by atoms with Crippen molar-refractivity contribution in [2.75, 3.05) is 19.5 Å². The predicted molar refractivity (Wildman–Crippen MR) is 118 cm³/mol. The maximum Gasteiger partial charge on any atom is 0.226 e. The van der Waals surface area contributed by atoms with Gasteiger partial charge in [-0.25, -0.2) is 4.68 Å². The minimum Gasteiger partial charge on any atom is -0.493 e. The van der Waals surface area contributed by atoms with Gasteiger partial charge in [-0.05, 0) is 48.7 Å². The highest BCUT2D eigenvalue weighted by molar-refractivity contribution is 6.30. The molecule has 1 N–H and O–H groups in total. The Morgan fingerprint density at radius 1 is 1.06 bits per heavy atom. The Bertz CT molecular complexity index is 1200. The molecule has 3 aromatic rings. The van der Waals surface area contributed by atoms with E-state index in [-0.39, 0.29) is 11.8 Å². The van der Waals surface area contributed by atoms with E-state index in [1.54, 1.807) is 18.9 Å². The zero-order chi connectivity index (χ0) is 21.5. The molecule has 7 nitrogen and oxygen atoms in total. The molecule has 0 amide bonds. The fourth-order valence-electron chi connectivity index (χ4n) is 4.21. The molecule has 5 rings (SSSR count). The van der Waals surface area contributed by atoms with Crippen molar-refractivity contribution in [1.29, 1.82) is 0 Å². The topological polar surface area (TPSA) is 78.3 Å². The van der Waals surface area contributed by atoms with Gasteiger partial charge in [0, 0.05) is 28.3 Å². The first-order chi connectivity index (χ1) is 15.1. The molecule has 1 aromatic heterocycles. The Labute approximate surface area is 184 Å². The van der Waals surface area contributed by atoms with Crippen LogP contribution in [-0.4, -0.2) is 34.8 Å². The maximum atomic E-state index is 12.9. The fourth-order valence-corrected chi connectivity index (χ4v) is 4.33. The quantitative estimate of drug-likeness (QED) is 0.642. The third-order valence-corrected chi connectivity index (χ3v) is 5.95. The smallest absolute Gasteiger partial charge is 0.226 e. The summed E-state index contributed by atoms with van der Waals surface area (Å²) in [6.45, 7) is 0. The first-order valence-corrected chi connectivity index (χ1v) is 10.4. The Morgan fingerprint density at radius 2 is 1.84 bits per heavy atom. The molecular weight excluding hydrogens is 416 g/mol. The average molecular weight is 437 g/mol. The van der Waals surface area contributed by atoms with Crippen LogP contribution in [0.15, 0.2) is 53.7 Å². The maximum absolute atomic E-state index is 12.9. The summed E-state index contributed by atoms with van der Waals surface area (Å²) < 4.78 is 12.5. The molecule has 1 aliphatic heterocycles. The summed E-state index contributed by atoms with van der Waals surface area (Å²) in [5, 5.41) is 8.78. The molecule has 2 heterocycles. The zero-order valence-corrected chi connectivity index (χ0v) is 17.9. The number of nitrogens with zero attached hydrogens (tertiary/aromatic N) is 3. The number of benzene rings is 2. The lowest BCUT2D eigenvalue weighted by atomic mass is 9.85. The summed E-state index contributed by atoms with van der Waals surface area (Å²) in [5.74, 6) is 2.52. The van der Waals surface area contributed by atoms with E-state index in [1.165, 1.54) is 0 Å². The number of rotatable bonds is 4. The molecule has 1 aliphatic carbocycles. The van der Waals surface area contributed by atoms with Crippen molar-refractivity contribution >= 4 is 23.3 Å². The van der Waals surface area contributed by atoms with Crippen LogP contribution in [0.5, 0.6) is 11.5 Å². The van der Waals surface area contributed by atoms with Gasteiger partial charge >= 0.3 is 0 Å². The van der Waals surface area contributed by atoms with Gasteiger partial charge in [-0.1, -0.05) is 23.7 Å². The SMILES string of the molecule is COc1ccc(-c2nc3n(n2)[C@H](c2ccc(Cl)cc2)C2=C(CCCC2=O)N3)cc1OC. The van der Waals surface area contributed by atoms with Gasteiger partial charge in [-0.2, -0.15) is 4.98 Å². The van der Waals surface area contributed by atoms with Crippen molar-refractivity contribution in [3.63, 3.8) is 0 Å². The number of ether oxygens (including phenoxy) is 2. The normalized spacial score (nSPS) is 17.6. The summed E-state index contributed by atoms with van der Waals surface area (Å²) in [6.07, 6.45) is 2.18. The van der Waals surface area contributed by atoms with Crippen molar-refractivity contribution in [2.24, 2.45) is 0 Å². The molecule has 0 saturated heterocycles. The molecule has 2 aromatic carbocycles. The van der Waals surface area contributed by atoms with E-state index < -0.39 is 0 Å². The van der Waals surface area contributed by atoms with Crippen molar-refractivity contribution in [2.45, 2.75) is 25.3 Å². The number of Topliss-reactive ketones (excluding diaryl/α,β-unsaturated/α-hetero) is 1. The van der Waals surface area contributed by atoms with E-state index in [9.17, 15) is 4.79 Å². The van der Waals surface area contributed by atoms with Crippen LogP contribution in [0.25, 0.3) is 11.4 Å². The van der Waals surface area contributed by atoms with Crippen LogP contribution in [-0.2, 0) is 4.79 Å². The van der Waals surface area contributed by atoms with Gasteiger partial charge in [0.2, 0.25) is 5.95 Å². The molecule has 0 unspecified atom stereocenters. The first kappa shape index (κ1) is 19.6. The number of halogens is 1. The van der Waals surface area contributed by atoms with Crippen molar-refractivity contribution in [3.05, 3.63) is 64.3 Å². The molecule has 0 bridgehead atoms. The van der Waals surface area contributed by atoms with E-state index >= 15 is 0 Å². The third kappa shape index (κ3) is 3.35. The van der Waals surface area contributed by atoms with E-state index in [0.717, 1.165) is 35.2 Å². The van der Waals surface area contributed by atoms with Gasteiger partial charge in [-0.15, -0.1) is 5.10 Å².